The number of aryl methyl sites for hydroxylation is 2. The standard InChI is InChI=1S/C31H41N5O3/c1-8-36(25-12-20(4)34-21(5)13-25)28-15-24(23-9-10-29(39-7)32-16-23)14-26(22(28)6)30(37)33-17-27-18(2)11-19(3)35-31(27)38/h9-11,14-16,20-21,25,34H,8,12-13,17H2,1-7H3,(H,33,37)(H,35,38)/t20-,21?,25?/m1/s1. The molecule has 1 saturated heterocycles. The maximum atomic E-state index is 13.7. The van der Waals surface area contributed by atoms with Gasteiger partial charge in [-0.3, -0.25) is 9.59 Å². The number of piperidine rings is 1. The predicted molar refractivity (Wildman–Crippen MR) is 157 cm³/mol. The van der Waals surface area contributed by atoms with Gasteiger partial charge in [-0.1, -0.05) is 0 Å². The van der Waals surface area contributed by atoms with Crippen molar-refractivity contribution in [3.05, 3.63) is 74.8 Å². The molecule has 8 heteroatoms. The van der Waals surface area contributed by atoms with Crippen LogP contribution in [0.2, 0.25) is 0 Å². The fourth-order valence-electron chi connectivity index (χ4n) is 5.85. The number of benzene rings is 1. The van der Waals surface area contributed by atoms with Gasteiger partial charge in [0.1, 0.15) is 0 Å². The van der Waals surface area contributed by atoms with Crippen LogP contribution in [0.3, 0.4) is 0 Å². The Bertz CT molecular complexity index is 1370. The zero-order valence-electron chi connectivity index (χ0n) is 24.1. The molecule has 3 N–H and O–H groups in total. The summed E-state index contributed by atoms with van der Waals surface area (Å²) in [6, 6.07) is 11.0. The van der Waals surface area contributed by atoms with Gasteiger partial charge in [0.15, 0.2) is 0 Å². The van der Waals surface area contributed by atoms with Crippen LogP contribution in [-0.4, -0.2) is 47.7 Å². The molecule has 0 radical (unpaired) electrons. The first-order valence-electron chi connectivity index (χ1n) is 13.8. The molecule has 1 fully saturated rings. The Kier molecular flexibility index (Phi) is 8.75. The average molecular weight is 532 g/mol. The Morgan fingerprint density at radius 3 is 2.41 bits per heavy atom. The lowest BCUT2D eigenvalue weighted by Crippen LogP contribution is -2.51. The van der Waals surface area contributed by atoms with Gasteiger partial charge in [0, 0.05) is 71.5 Å². The van der Waals surface area contributed by atoms with E-state index in [4.69, 9.17) is 4.74 Å². The molecule has 0 saturated carbocycles. The summed E-state index contributed by atoms with van der Waals surface area (Å²) >= 11 is 0. The van der Waals surface area contributed by atoms with Gasteiger partial charge < -0.3 is 25.3 Å². The molecule has 8 nitrogen and oxygen atoms in total. The van der Waals surface area contributed by atoms with Crippen LogP contribution >= 0.6 is 0 Å². The number of amides is 1. The molecule has 0 spiro atoms. The van der Waals surface area contributed by atoms with E-state index in [9.17, 15) is 9.59 Å². The molecule has 4 rings (SSSR count). The fraction of sp³-hybridized carbons (Fsp3) is 0.452. The quantitative estimate of drug-likeness (QED) is 0.391. The van der Waals surface area contributed by atoms with Gasteiger partial charge >= 0.3 is 0 Å². The number of aromatic nitrogens is 2. The normalized spacial score (nSPS) is 19.0. The number of carbonyl (C=O) groups excluding carboxylic acids is 1. The van der Waals surface area contributed by atoms with E-state index in [1.807, 2.05) is 45.0 Å². The third-order valence-electron chi connectivity index (χ3n) is 7.73. The Morgan fingerprint density at radius 1 is 1.10 bits per heavy atom. The largest absolute Gasteiger partial charge is 0.481 e. The van der Waals surface area contributed by atoms with Crippen molar-refractivity contribution in [2.24, 2.45) is 0 Å². The molecule has 0 aliphatic carbocycles. The van der Waals surface area contributed by atoms with Crippen molar-refractivity contribution in [2.45, 2.75) is 79.1 Å². The van der Waals surface area contributed by atoms with Gasteiger partial charge in [-0.25, -0.2) is 4.98 Å². The summed E-state index contributed by atoms with van der Waals surface area (Å²) in [5.74, 6) is 0.329. The van der Waals surface area contributed by atoms with Crippen LogP contribution in [0.1, 0.15) is 66.4 Å². The monoisotopic (exact) mass is 531 g/mol. The van der Waals surface area contributed by atoms with Crippen LogP contribution in [-0.2, 0) is 6.54 Å². The number of H-pyrrole nitrogens is 1. The fourth-order valence-corrected chi connectivity index (χ4v) is 5.85. The Morgan fingerprint density at radius 2 is 1.82 bits per heavy atom. The molecule has 1 aliphatic heterocycles. The first kappa shape index (κ1) is 28.4. The van der Waals surface area contributed by atoms with Crippen LogP contribution in [0.4, 0.5) is 5.69 Å². The lowest BCUT2D eigenvalue weighted by molar-refractivity contribution is 0.0950. The summed E-state index contributed by atoms with van der Waals surface area (Å²) < 4.78 is 5.25. The SMILES string of the molecule is CCN(c1cc(-c2ccc(OC)nc2)cc(C(=O)NCc2c(C)cc(C)[nH]c2=O)c1C)C1CC(C)N[C@H](C)C1. The van der Waals surface area contributed by atoms with Crippen molar-refractivity contribution in [3.8, 4) is 17.0 Å². The van der Waals surface area contributed by atoms with Gasteiger partial charge in [0.25, 0.3) is 11.5 Å². The highest BCUT2D eigenvalue weighted by Gasteiger charge is 2.29. The van der Waals surface area contributed by atoms with Gasteiger partial charge in [-0.05, 0) is 95.3 Å². The molecule has 1 aliphatic rings. The number of hydrogen-bond acceptors (Lipinski definition) is 6. The van der Waals surface area contributed by atoms with Gasteiger partial charge in [0.05, 0.1) is 7.11 Å². The van der Waals surface area contributed by atoms with Crippen molar-refractivity contribution in [1.29, 1.82) is 0 Å². The number of rotatable bonds is 8. The summed E-state index contributed by atoms with van der Waals surface area (Å²) in [5, 5.41) is 6.65. The second kappa shape index (κ2) is 12.0. The molecule has 208 valence electrons. The summed E-state index contributed by atoms with van der Waals surface area (Å²) in [6.07, 6.45) is 3.83. The molecule has 2 aromatic heterocycles. The van der Waals surface area contributed by atoms with Crippen LogP contribution in [0.15, 0.2) is 41.3 Å². The number of nitrogens with zero attached hydrogens (tertiary/aromatic N) is 2. The van der Waals surface area contributed by atoms with E-state index in [1.165, 1.54) is 0 Å². The van der Waals surface area contributed by atoms with Crippen LogP contribution < -0.4 is 25.8 Å². The minimum atomic E-state index is -0.209. The maximum absolute atomic E-state index is 13.7. The van der Waals surface area contributed by atoms with E-state index in [0.717, 1.165) is 53.0 Å². The molecular formula is C31H41N5O3. The van der Waals surface area contributed by atoms with Crippen molar-refractivity contribution in [2.75, 3.05) is 18.6 Å². The van der Waals surface area contributed by atoms with Crippen molar-refractivity contribution in [1.82, 2.24) is 20.6 Å². The second-order valence-corrected chi connectivity index (χ2v) is 10.8. The lowest BCUT2D eigenvalue weighted by atomic mass is 9.91. The molecule has 2 unspecified atom stereocenters. The second-order valence-electron chi connectivity index (χ2n) is 10.8. The van der Waals surface area contributed by atoms with E-state index in [0.29, 0.717) is 35.1 Å². The van der Waals surface area contributed by atoms with Gasteiger partial charge in [-0.2, -0.15) is 0 Å². The van der Waals surface area contributed by atoms with Crippen LogP contribution in [0, 0.1) is 20.8 Å². The van der Waals surface area contributed by atoms with Crippen molar-refractivity contribution < 1.29 is 9.53 Å². The minimum absolute atomic E-state index is 0.157. The van der Waals surface area contributed by atoms with E-state index in [2.05, 4.69) is 52.3 Å². The third-order valence-corrected chi connectivity index (χ3v) is 7.73. The van der Waals surface area contributed by atoms with E-state index < -0.39 is 0 Å². The highest BCUT2D eigenvalue weighted by Crippen LogP contribution is 2.34. The topological polar surface area (TPSA) is 99.3 Å². The number of carbonyl (C=O) groups is 1. The highest BCUT2D eigenvalue weighted by atomic mass is 16.5. The van der Waals surface area contributed by atoms with Gasteiger partial charge in [0.2, 0.25) is 5.88 Å². The smallest absolute Gasteiger partial charge is 0.253 e. The van der Waals surface area contributed by atoms with E-state index in [1.54, 1.807) is 13.3 Å². The summed E-state index contributed by atoms with van der Waals surface area (Å²) in [5.41, 5.74) is 6.43. The zero-order chi connectivity index (χ0) is 28.3. The van der Waals surface area contributed by atoms with Gasteiger partial charge in [-0.15, -0.1) is 0 Å². The maximum Gasteiger partial charge on any atom is 0.253 e. The summed E-state index contributed by atoms with van der Waals surface area (Å²) in [4.78, 5) is 35.9. The number of anilines is 1. The number of aromatic amines is 1. The molecule has 0 bridgehead atoms. The molecule has 3 atom stereocenters. The predicted octanol–water partition coefficient (Wildman–Crippen LogP) is 4.66. The number of ether oxygens (including phenoxy) is 1. The van der Waals surface area contributed by atoms with Crippen LogP contribution in [0.5, 0.6) is 5.88 Å². The number of pyridine rings is 2. The van der Waals surface area contributed by atoms with E-state index >= 15 is 0 Å². The Balaban J connectivity index is 1.75. The minimum Gasteiger partial charge on any atom is -0.481 e. The van der Waals surface area contributed by atoms with Crippen LogP contribution in [0.25, 0.3) is 11.1 Å². The molecule has 3 aromatic rings. The third kappa shape index (κ3) is 6.33. The molecule has 3 heterocycles. The number of hydrogen-bond donors (Lipinski definition) is 3. The number of nitrogens with one attached hydrogen (secondary N) is 3. The van der Waals surface area contributed by atoms with E-state index in [-0.39, 0.29) is 18.0 Å². The lowest BCUT2D eigenvalue weighted by Gasteiger charge is -2.41. The zero-order valence-corrected chi connectivity index (χ0v) is 24.1. The highest BCUT2D eigenvalue weighted by molar-refractivity contribution is 5.99. The molecular weight excluding hydrogens is 490 g/mol. The molecule has 39 heavy (non-hydrogen) atoms. The summed E-state index contributed by atoms with van der Waals surface area (Å²) in [7, 11) is 1.59. The Labute approximate surface area is 231 Å². The average Bonchev–Trinajstić information content (AvgIpc) is 2.89. The number of methoxy groups -OCH3 is 1. The van der Waals surface area contributed by atoms with Crippen molar-refractivity contribution in [3.63, 3.8) is 0 Å². The molecule has 1 amide bonds. The van der Waals surface area contributed by atoms with Crippen molar-refractivity contribution >= 4 is 11.6 Å². The first-order chi connectivity index (χ1) is 18.6. The first-order valence-corrected chi connectivity index (χ1v) is 13.8. The summed E-state index contributed by atoms with van der Waals surface area (Å²) in [6.45, 7) is 13.4. The Hall–Kier alpha value is -3.65. The molecule has 1 aromatic carbocycles.